The summed E-state index contributed by atoms with van der Waals surface area (Å²) in [7, 11) is 0.437. The molecule has 1 aromatic rings. The fourth-order valence-corrected chi connectivity index (χ4v) is 5.26. The molecule has 2 bridgehead atoms. The van der Waals surface area contributed by atoms with E-state index in [0.29, 0.717) is 29.4 Å². The van der Waals surface area contributed by atoms with Crippen LogP contribution in [0.15, 0.2) is 18.2 Å². The van der Waals surface area contributed by atoms with Crippen LogP contribution in [0.3, 0.4) is 0 Å². The molecule has 0 aromatic heterocycles. The smallest absolute Gasteiger partial charge is 0.497 e. The van der Waals surface area contributed by atoms with Crippen molar-refractivity contribution in [2.75, 3.05) is 25.1 Å². The first-order valence-electron chi connectivity index (χ1n) is 10.4. The summed E-state index contributed by atoms with van der Waals surface area (Å²) in [6.45, 7) is 1.52. The molecular weight excluding hydrogens is 492 g/mol. The Balaban J connectivity index is 1.65. The van der Waals surface area contributed by atoms with Crippen LogP contribution in [0.2, 0.25) is 10.0 Å². The molecule has 0 unspecified atom stereocenters. The number of hydrogen-bond acceptors (Lipinski definition) is 8. The van der Waals surface area contributed by atoms with E-state index in [0.717, 1.165) is 0 Å². The summed E-state index contributed by atoms with van der Waals surface area (Å²) in [4.78, 5) is 51.9. The van der Waals surface area contributed by atoms with Gasteiger partial charge in [0.05, 0.1) is 23.1 Å². The largest absolute Gasteiger partial charge is 0.622 e. The van der Waals surface area contributed by atoms with Gasteiger partial charge in [-0.1, -0.05) is 36.5 Å². The fraction of sp³-hybridized carbons (Fsp3) is 0.500. The van der Waals surface area contributed by atoms with Crippen molar-refractivity contribution in [3.63, 3.8) is 0 Å². The Bertz CT molecular complexity index is 913. The van der Waals surface area contributed by atoms with Gasteiger partial charge in [-0.3, -0.25) is 24.1 Å². The molecule has 2 fully saturated rings. The molecule has 0 spiro atoms. The molecule has 33 heavy (non-hydrogen) atoms. The molecule has 3 atom stereocenters. The maximum atomic E-state index is 12.7. The van der Waals surface area contributed by atoms with E-state index in [1.54, 1.807) is 18.0 Å². The van der Waals surface area contributed by atoms with Crippen molar-refractivity contribution in [1.82, 2.24) is 15.5 Å². The Morgan fingerprint density at radius 2 is 1.85 bits per heavy atom. The molecule has 3 rings (SSSR count). The third kappa shape index (κ3) is 6.35. The van der Waals surface area contributed by atoms with E-state index in [2.05, 4.69) is 10.6 Å². The minimum atomic E-state index is -1.26. The molecule has 0 aliphatic carbocycles. The first kappa shape index (κ1) is 25.7. The van der Waals surface area contributed by atoms with Crippen molar-refractivity contribution in [3.8, 4) is 0 Å². The number of hydrogen-bond donors (Lipinski definition) is 2. The zero-order valence-electron chi connectivity index (χ0n) is 18.1. The third-order valence-electron chi connectivity index (χ3n) is 5.40. The van der Waals surface area contributed by atoms with E-state index in [-0.39, 0.29) is 17.1 Å². The van der Waals surface area contributed by atoms with Gasteiger partial charge >= 0.3 is 19.1 Å². The molecule has 2 N–H and O–H groups in total. The Kier molecular flexibility index (Phi) is 8.91. The van der Waals surface area contributed by atoms with Gasteiger partial charge in [0.25, 0.3) is 5.91 Å². The standard InChI is InChI=1S/C20H24BCl2N3O6S/c1-3-4-16(21-31-19(29)14-9-33-10-15(26(14)2)20(30)32-21)25-17(27)8-24-18(28)12-7-11(22)5-6-13(12)23/h5-7,14-16H,3-4,8-10H2,1-2H3,(H,24,28)(H,25,27)/t14-,15+,16-/m0/s1. The van der Waals surface area contributed by atoms with Gasteiger partial charge in [-0.05, 0) is 31.7 Å². The average molecular weight is 516 g/mol. The number of nitrogens with zero attached hydrogens (tertiary/aromatic N) is 1. The number of carbonyl (C=O) groups excluding carboxylic acids is 4. The van der Waals surface area contributed by atoms with Crippen LogP contribution < -0.4 is 10.6 Å². The molecule has 2 amide bonds. The second-order valence-corrected chi connectivity index (χ2v) is 9.66. The number of likely N-dealkylation sites (N-methyl/N-ethyl adjacent to an activating group) is 1. The third-order valence-corrected chi connectivity index (χ3v) is 7.07. The highest BCUT2D eigenvalue weighted by Gasteiger charge is 2.47. The summed E-state index contributed by atoms with van der Waals surface area (Å²) < 4.78 is 11.0. The number of fused-ring (bicyclic) bond motifs is 2. The molecule has 13 heteroatoms. The van der Waals surface area contributed by atoms with Crippen LogP contribution in [0.1, 0.15) is 30.1 Å². The monoisotopic (exact) mass is 515 g/mol. The van der Waals surface area contributed by atoms with Gasteiger partial charge in [-0.15, -0.1) is 0 Å². The number of nitrogens with one attached hydrogen (secondary N) is 2. The summed E-state index contributed by atoms with van der Waals surface area (Å²) in [6, 6.07) is 3.30. The van der Waals surface area contributed by atoms with Crippen LogP contribution in [0.4, 0.5) is 0 Å². The molecule has 178 valence electrons. The van der Waals surface area contributed by atoms with Gasteiger partial charge in [0.15, 0.2) is 0 Å². The summed E-state index contributed by atoms with van der Waals surface area (Å²) in [6.07, 6.45) is 1.02. The predicted molar refractivity (Wildman–Crippen MR) is 126 cm³/mol. The van der Waals surface area contributed by atoms with Crippen molar-refractivity contribution in [2.45, 2.75) is 37.8 Å². The van der Waals surface area contributed by atoms with Gasteiger partial charge in [0, 0.05) is 16.5 Å². The second kappa shape index (κ2) is 11.5. The number of carbonyl (C=O) groups is 4. The van der Waals surface area contributed by atoms with Crippen LogP contribution in [0.5, 0.6) is 0 Å². The molecule has 2 aliphatic rings. The van der Waals surface area contributed by atoms with Gasteiger partial charge in [0.1, 0.15) is 12.1 Å². The zero-order valence-corrected chi connectivity index (χ0v) is 20.5. The van der Waals surface area contributed by atoms with Crippen LogP contribution in [0, 0.1) is 0 Å². The van der Waals surface area contributed by atoms with Crippen molar-refractivity contribution in [2.24, 2.45) is 0 Å². The van der Waals surface area contributed by atoms with E-state index >= 15 is 0 Å². The quantitative estimate of drug-likeness (QED) is 0.526. The van der Waals surface area contributed by atoms with Crippen LogP contribution in [-0.4, -0.2) is 78.9 Å². The van der Waals surface area contributed by atoms with E-state index in [1.165, 1.54) is 23.9 Å². The number of benzene rings is 1. The van der Waals surface area contributed by atoms with Gasteiger partial charge in [0.2, 0.25) is 5.91 Å². The van der Waals surface area contributed by atoms with E-state index in [1.807, 2.05) is 6.92 Å². The first-order valence-corrected chi connectivity index (χ1v) is 12.4. The molecule has 2 aliphatic heterocycles. The molecule has 0 radical (unpaired) electrons. The van der Waals surface area contributed by atoms with Crippen LogP contribution in [-0.2, 0) is 23.7 Å². The highest BCUT2D eigenvalue weighted by atomic mass is 35.5. The Morgan fingerprint density at radius 3 is 2.45 bits per heavy atom. The van der Waals surface area contributed by atoms with Crippen LogP contribution in [0.25, 0.3) is 0 Å². The second-order valence-electron chi connectivity index (χ2n) is 7.75. The molecule has 1 aromatic carbocycles. The van der Waals surface area contributed by atoms with Crippen LogP contribution >= 0.6 is 35.0 Å². The summed E-state index contributed by atoms with van der Waals surface area (Å²) >= 11 is 13.4. The van der Waals surface area contributed by atoms with Crippen molar-refractivity contribution in [1.29, 1.82) is 0 Å². The van der Waals surface area contributed by atoms with E-state index in [4.69, 9.17) is 32.5 Å². The fourth-order valence-electron chi connectivity index (χ4n) is 3.56. The molecule has 2 heterocycles. The lowest BCUT2D eigenvalue weighted by Gasteiger charge is -2.39. The van der Waals surface area contributed by atoms with E-state index < -0.39 is 48.9 Å². The SMILES string of the molecule is CCC[C@H](NC(=O)CNC(=O)c1cc(Cl)ccc1Cl)B1OC(=O)[C@H]2CSC[C@@H](C(=O)O1)N2C. The minimum absolute atomic E-state index is 0.137. The van der Waals surface area contributed by atoms with Gasteiger partial charge in [-0.2, -0.15) is 11.8 Å². The Morgan fingerprint density at radius 1 is 1.21 bits per heavy atom. The lowest BCUT2D eigenvalue weighted by atomic mass is 9.74. The average Bonchev–Trinajstić information content (AvgIpc) is 2.78. The first-order chi connectivity index (χ1) is 15.7. The van der Waals surface area contributed by atoms with Gasteiger partial charge in [-0.25, -0.2) is 0 Å². The maximum absolute atomic E-state index is 12.7. The number of halogens is 2. The number of thioether (sulfide) groups is 1. The lowest BCUT2D eigenvalue weighted by molar-refractivity contribution is -0.153. The molecule has 2 saturated heterocycles. The number of rotatable bonds is 7. The van der Waals surface area contributed by atoms with Crippen molar-refractivity contribution < 1.29 is 28.5 Å². The minimum Gasteiger partial charge on any atom is -0.497 e. The lowest BCUT2D eigenvalue weighted by Crippen LogP contribution is -2.62. The molecule has 9 nitrogen and oxygen atoms in total. The zero-order chi connectivity index (χ0) is 24.1. The molecular formula is C20H24BCl2N3O6S. The predicted octanol–water partition coefficient (Wildman–Crippen LogP) is 1.55. The maximum Gasteiger partial charge on any atom is 0.622 e. The van der Waals surface area contributed by atoms with Crippen molar-refractivity contribution in [3.05, 3.63) is 33.8 Å². The Hall–Kier alpha value is -1.95. The summed E-state index contributed by atoms with van der Waals surface area (Å²) in [5.41, 5.74) is 0.137. The summed E-state index contributed by atoms with van der Waals surface area (Å²) in [5.74, 6) is -1.87. The number of amides is 2. The van der Waals surface area contributed by atoms with Gasteiger partial charge < -0.3 is 19.9 Å². The normalized spacial score (nSPS) is 21.9. The van der Waals surface area contributed by atoms with Crippen molar-refractivity contribution >= 4 is 65.8 Å². The highest BCUT2D eigenvalue weighted by molar-refractivity contribution is 7.99. The highest BCUT2D eigenvalue weighted by Crippen LogP contribution is 2.25. The summed E-state index contributed by atoms with van der Waals surface area (Å²) in [5, 5.41) is 5.71. The molecule has 0 saturated carbocycles. The van der Waals surface area contributed by atoms with E-state index in [9.17, 15) is 19.2 Å². The topological polar surface area (TPSA) is 114 Å². The Labute approximate surface area is 206 Å².